The first-order chi connectivity index (χ1) is 9.41. The zero-order valence-electron chi connectivity index (χ0n) is 12.8. The SMILES string of the molecule is C=C/C=C\CCCCCCCCC/C=C\C=C/CC. The molecule has 0 aromatic rings. The van der Waals surface area contributed by atoms with E-state index in [0.717, 1.165) is 6.42 Å². The highest BCUT2D eigenvalue weighted by Gasteiger charge is 1.90. The Hall–Kier alpha value is -1.04. The minimum Gasteiger partial charge on any atom is -0.0991 e. The molecule has 0 rings (SSSR count). The van der Waals surface area contributed by atoms with Crippen molar-refractivity contribution < 1.29 is 0 Å². The van der Waals surface area contributed by atoms with E-state index in [0.29, 0.717) is 0 Å². The minimum absolute atomic E-state index is 1.13. The lowest BCUT2D eigenvalue weighted by atomic mass is 10.1. The van der Waals surface area contributed by atoms with Crippen LogP contribution in [0.25, 0.3) is 0 Å². The summed E-state index contributed by atoms with van der Waals surface area (Å²) >= 11 is 0. The molecule has 0 fully saturated rings. The van der Waals surface area contributed by atoms with Gasteiger partial charge in [-0.3, -0.25) is 0 Å². The molecule has 0 spiro atoms. The van der Waals surface area contributed by atoms with Crippen LogP contribution in [0.2, 0.25) is 0 Å². The molecule has 0 N–H and O–H groups in total. The van der Waals surface area contributed by atoms with E-state index in [2.05, 4.69) is 43.9 Å². The summed E-state index contributed by atoms with van der Waals surface area (Å²) in [5, 5.41) is 0. The maximum Gasteiger partial charge on any atom is -0.0348 e. The summed E-state index contributed by atoms with van der Waals surface area (Å²) in [6.45, 7) is 5.84. The van der Waals surface area contributed by atoms with Crippen LogP contribution >= 0.6 is 0 Å². The van der Waals surface area contributed by atoms with Crippen molar-refractivity contribution in [1.82, 2.24) is 0 Å². The molecule has 0 unspecified atom stereocenters. The van der Waals surface area contributed by atoms with E-state index in [1.54, 1.807) is 0 Å². The molecule has 0 aromatic heterocycles. The van der Waals surface area contributed by atoms with E-state index in [9.17, 15) is 0 Å². The smallest absolute Gasteiger partial charge is 0.0348 e. The van der Waals surface area contributed by atoms with Crippen molar-refractivity contribution in [2.75, 3.05) is 0 Å². The second-order valence-corrected chi connectivity index (χ2v) is 4.98. The van der Waals surface area contributed by atoms with Gasteiger partial charge in [0.1, 0.15) is 0 Å². The lowest BCUT2D eigenvalue weighted by molar-refractivity contribution is 0.583. The van der Waals surface area contributed by atoms with Crippen LogP contribution in [0.1, 0.15) is 71.1 Å². The fourth-order valence-electron chi connectivity index (χ4n) is 1.99. The molecule has 0 bridgehead atoms. The van der Waals surface area contributed by atoms with Crippen molar-refractivity contribution in [3.05, 3.63) is 49.1 Å². The van der Waals surface area contributed by atoms with E-state index < -0.39 is 0 Å². The maximum absolute atomic E-state index is 3.67. The predicted octanol–water partition coefficient (Wildman–Crippen LogP) is 6.76. The van der Waals surface area contributed by atoms with Gasteiger partial charge in [-0.15, -0.1) is 0 Å². The molecule has 0 heteroatoms. The number of hydrogen-bond acceptors (Lipinski definition) is 0. The summed E-state index contributed by atoms with van der Waals surface area (Å²) in [7, 11) is 0. The highest BCUT2D eigenvalue weighted by molar-refractivity contribution is 5.01. The summed E-state index contributed by atoms with van der Waals surface area (Å²) in [6, 6.07) is 0. The second kappa shape index (κ2) is 17.0. The van der Waals surface area contributed by atoms with Crippen LogP contribution in [0.3, 0.4) is 0 Å². The normalized spacial score (nSPS) is 12.1. The standard InChI is InChI=1S/C19H32/c1-3-5-7-9-11-13-15-17-19-18-16-14-12-10-8-6-4-2/h3,5-8,10,12H,1,4,9,11,13-19H2,2H3/b7-5-,8-6-,12-10-. The van der Waals surface area contributed by atoms with E-state index in [4.69, 9.17) is 0 Å². The van der Waals surface area contributed by atoms with Gasteiger partial charge in [0.25, 0.3) is 0 Å². The quantitative estimate of drug-likeness (QED) is 0.253. The van der Waals surface area contributed by atoms with Crippen molar-refractivity contribution in [1.29, 1.82) is 0 Å². The van der Waals surface area contributed by atoms with Crippen LogP contribution in [0, 0.1) is 0 Å². The molecule has 0 aliphatic heterocycles. The van der Waals surface area contributed by atoms with Gasteiger partial charge in [0.15, 0.2) is 0 Å². The van der Waals surface area contributed by atoms with Gasteiger partial charge in [0.2, 0.25) is 0 Å². The lowest BCUT2D eigenvalue weighted by Gasteiger charge is -1.99. The Kier molecular flexibility index (Phi) is 16.0. The van der Waals surface area contributed by atoms with Crippen LogP contribution < -0.4 is 0 Å². The van der Waals surface area contributed by atoms with Gasteiger partial charge >= 0.3 is 0 Å². The Labute approximate surface area is 121 Å². The molecular formula is C19H32. The van der Waals surface area contributed by atoms with Crippen LogP contribution in [0.5, 0.6) is 0 Å². The highest BCUT2D eigenvalue weighted by Crippen LogP contribution is 2.10. The Bertz CT molecular complexity index is 255. The highest BCUT2D eigenvalue weighted by atomic mass is 14.0. The fraction of sp³-hybridized carbons (Fsp3) is 0.579. The zero-order chi connectivity index (χ0) is 14.0. The van der Waals surface area contributed by atoms with Crippen LogP contribution in [-0.4, -0.2) is 0 Å². The molecule has 0 radical (unpaired) electrons. The number of unbranched alkanes of at least 4 members (excludes halogenated alkanes) is 8. The molecule has 0 nitrogen and oxygen atoms in total. The largest absolute Gasteiger partial charge is 0.0991 e. The van der Waals surface area contributed by atoms with Crippen molar-refractivity contribution in [3.63, 3.8) is 0 Å². The van der Waals surface area contributed by atoms with E-state index in [1.165, 1.54) is 57.8 Å². The van der Waals surface area contributed by atoms with Gasteiger partial charge < -0.3 is 0 Å². The second-order valence-electron chi connectivity index (χ2n) is 4.98. The molecule has 0 saturated carbocycles. The first-order valence-electron chi connectivity index (χ1n) is 8.01. The third kappa shape index (κ3) is 17.0. The lowest BCUT2D eigenvalue weighted by Crippen LogP contribution is -1.80. The van der Waals surface area contributed by atoms with Crippen LogP contribution in [0.4, 0.5) is 0 Å². The van der Waals surface area contributed by atoms with Gasteiger partial charge in [0.05, 0.1) is 0 Å². The van der Waals surface area contributed by atoms with Gasteiger partial charge in [-0.2, -0.15) is 0 Å². The van der Waals surface area contributed by atoms with Crippen molar-refractivity contribution >= 4 is 0 Å². The van der Waals surface area contributed by atoms with Crippen molar-refractivity contribution in [2.45, 2.75) is 71.1 Å². The average molecular weight is 260 g/mol. The number of rotatable bonds is 13. The van der Waals surface area contributed by atoms with Gasteiger partial charge in [-0.1, -0.05) is 88.1 Å². The fourth-order valence-corrected chi connectivity index (χ4v) is 1.99. The Morgan fingerprint density at radius 1 is 0.632 bits per heavy atom. The number of hydrogen-bond donors (Lipinski definition) is 0. The van der Waals surface area contributed by atoms with Gasteiger partial charge in [-0.05, 0) is 32.1 Å². The minimum atomic E-state index is 1.13. The Morgan fingerprint density at radius 3 is 1.63 bits per heavy atom. The molecule has 0 heterocycles. The van der Waals surface area contributed by atoms with Gasteiger partial charge in [0, 0.05) is 0 Å². The Morgan fingerprint density at radius 2 is 1.11 bits per heavy atom. The van der Waals surface area contributed by atoms with Crippen LogP contribution in [-0.2, 0) is 0 Å². The molecule has 0 amide bonds. The molecule has 0 saturated heterocycles. The summed E-state index contributed by atoms with van der Waals surface area (Å²) < 4.78 is 0. The van der Waals surface area contributed by atoms with Crippen molar-refractivity contribution in [3.8, 4) is 0 Å². The molecule has 0 aliphatic carbocycles. The monoisotopic (exact) mass is 260 g/mol. The van der Waals surface area contributed by atoms with Gasteiger partial charge in [-0.25, -0.2) is 0 Å². The molecule has 108 valence electrons. The van der Waals surface area contributed by atoms with E-state index in [1.807, 2.05) is 12.2 Å². The summed E-state index contributed by atoms with van der Waals surface area (Å²) in [6.07, 6.45) is 28.2. The first kappa shape index (κ1) is 18.0. The molecular weight excluding hydrogens is 228 g/mol. The summed E-state index contributed by atoms with van der Waals surface area (Å²) in [4.78, 5) is 0. The third-order valence-corrected chi connectivity index (χ3v) is 3.13. The first-order valence-corrected chi connectivity index (χ1v) is 8.01. The number of allylic oxidation sites excluding steroid dienone is 7. The van der Waals surface area contributed by atoms with Crippen molar-refractivity contribution in [2.24, 2.45) is 0 Å². The molecule has 19 heavy (non-hydrogen) atoms. The van der Waals surface area contributed by atoms with E-state index in [-0.39, 0.29) is 0 Å². The average Bonchev–Trinajstić information content (AvgIpc) is 2.43. The summed E-state index contributed by atoms with van der Waals surface area (Å²) in [5.41, 5.74) is 0. The topological polar surface area (TPSA) is 0 Å². The van der Waals surface area contributed by atoms with Crippen LogP contribution in [0.15, 0.2) is 49.1 Å². The molecule has 0 atom stereocenters. The third-order valence-electron chi connectivity index (χ3n) is 3.13. The van der Waals surface area contributed by atoms with E-state index >= 15 is 0 Å². The maximum atomic E-state index is 3.67. The Balaban J connectivity index is 3.10. The molecule has 0 aliphatic rings. The molecule has 0 aromatic carbocycles. The zero-order valence-corrected chi connectivity index (χ0v) is 12.8. The predicted molar refractivity (Wildman–Crippen MR) is 89.5 cm³/mol. The summed E-state index contributed by atoms with van der Waals surface area (Å²) in [5.74, 6) is 0.